The average molecular weight is 615 g/mol. The van der Waals surface area contributed by atoms with Crippen LogP contribution >= 0.6 is 0 Å². The van der Waals surface area contributed by atoms with Crippen LogP contribution in [0.4, 0.5) is 0 Å². The molecule has 11 heteroatoms. The van der Waals surface area contributed by atoms with Crippen LogP contribution in [0.3, 0.4) is 0 Å². The number of phenolic OH excluding ortho intramolecular Hbond substituents is 2. The first-order valence-corrected chi connectivity index (χ1v) is 14.2. The molecule has 232 valence electrons. The van der Waals surface area contributed by atoms with E-state index >= 15 is 0 Å². The van der Waals surface area contributed by atoms with Crippen molar-refractivity contribution in [1.82, 2.24) is 0 Å². The Morgan fingerprint density at radius 1 is 0.822 bits per heavy atom. The molecular weight excluding hydrogens is 584 g/mol. The highest BCUT2D eigenvalue weighted by Gasteiger charge is 2.41. The van der Waals surface area contributed by atoms with Crippen molar-refractivity contribution in [2.45, 2.75) is 37.3 Å². The molecule has 45 heavy (non-hydrogen) atoms. The summed E-state index contributed by atoms with van der Waals surface area (Å²) in [5.41, 5.74) is 1.67. The van der Waals surface area contributed by atoms with Crippen LogP contribution in [-0.4, -0.2) is 58.1 Å². The van der Waals surface area contributed by atoms with Crippen LogP contribution in [0.15, 0.2) is 78.9 Å². The second-order valence-electron chi connectivity index (χ2n) is 10.6. The first-order valence-electron chi connectivity index (χ1n) is 14.2. The number of carbonyl (C=O) groups excluding carboxylic acids is 2. The van der Waals surface area contributed by atoms with E-state index < -0.39 is 41.9 Å². The van der Waals surface area contributed by atoms with Gasteiger partial charge in [0.1, 0.15) is 22.8 Å². The van der Waals surface area contributed by atoms with E-state index in [1.165, 1.54) is 19.2 Å². The third-order valence-electron chi connectivity index (χ3n) is 7.68. The summed E-state index contributed by atoms with van der Waals surface area (Å²) in [7, 11) is 1.41. The largest absolute Gasteiger partial charge is 0.507 e. The van der Waals surface area contributed by atoms with Crippen LogP contribution in [0.2, 0.25) is 0 Å². The highest BCUT2D eigenvalue weighted by molar-refractivity contribution is 6.05. The van der Waals surface area contributed by atoms with E-state index in [1.54, 1.807) is 30.3 Å². The van der Waals surface area contributed by atoms with E-state index in [4.69, 9.17) is 23.7 Å². The van der Waals surface area contributed by atoms with E-state index in [2.05, 4.69) is 0 Å². The molecule has 4 atom stereocenters. The van der Waals surface area contributed by atoms with Crippen LogP contribution in [-0.2, 0) is 11.2 Å². The van der Waals surface area contributed by atoms with Crippen molar-refractivity contribution in [3.8, 4) is 40.2 Å². The van der Waals surface area contributed by atoms with Gasteiger partial charge in [-0.3, -0.25) is 9.59 Å². The number of Topliss-reactive ketones (excluding diaryl/α,β-unsaturated/α-hetero) is 1. The van der Waals surface area contributed by atoms with Gasteiger partial charge in [-0.1, -0.05) is 42.5 Å². The quantitative estimate of drug-likeness (QED) is 0.166. The molecule has 0 saturated carbocycles. The number of aliphatic hydroxyl groups is 2. The SMILES string of the molecule is COc1cc(C2Oc3cc([C@H]4Oc5cc(OC(=O)CCc6ccccc6)cc(O)c5C(=O)[C@@H]4O)ccc3OC2CO)ccc1O. The minimum atomic E-state index is -1.67. The first-order chi connectivity index (χ1) is 21.7. The molecule has 4 aromatic rings. The van der Waals surface area contributed by atoms with Gasteiger partial charge in [0.25, 0.3) is 0 Å². The van der Waals surface area contributed by atoms with Gasteiger partial charge in [-0.15, -0.1) is 0 Å². The number of esters is 1. The number of phenols is 2. The highest BCUT2D eigenvalue weighted by Crippen LogP contribution is 2.46. The number of fused-ring (bicyclic) bond motifs is 2. The van der Waals surface area contributed by atoms with Gasteiger partial charge in [0, 0.05) is 24.1 Å². The maximum absolute atomic E-state index is 13.2. The van der Waals surface area contributed by atoms with Crippen LogP contribution in [0.5, 0.6) is 40.2 Å². The molecule has 2 unspecified atom stereocenters. The predicted octanol–water partition coefficient (Wildman–Crippen LogP) is 4.20. The van der Waals surface area contributed by atoms with Gasteiger partial charge in [-0.05, 0) is 41.8 Å². The Hall–Kier alpha value is -5.26. The standard InChI is InChI=1S/C34H30O11/c1-41-25-13-19(8-10-22(25)36)33-28(17-35)43-24-11-9-20(14-26(24)44-33)34-32(40)31(39)30-23(37)15-21(16-27(30)45-34)42-29(38)12-7-18-5-3-2-4-6-18/h2-6,8-11,13-16,28,32-37,40H,7,12,17H2,1H3/t28?,32-,33?,34+/m0/s1. The number of hydrogen-bond acceptors (Lipinski definition) is 11. The lowest BCUT2D eigenvalue weighted by atomic mass is 9.92. The Bertz CT molecular complexity index is 1740. The number of aromatic hydroxyl groups is 2. The Labute approximate surface area is 257 Å². The zero-order chi connectivity index (χ0) is 31.7. The van der Waals surface area contributed by atoms with Crippen molar-refractivity contribution >= 4 is 11.8 Å². The van der Waals surface area contributed by atoms with Crippen LogP contribution < -0.4 is 23.7 Å². The molecule has 6 rings (SSSR count). The van der Waals surface area contributed by atoms with Crippen molar-refractivity contribution < 1.29 is 53.7 Å². The maximum Gasteiger partial charge on any atom is 0.311 e. The van der Waals surface area contributed by atoms with Gasteiger partial charge in [0.15, 0.2) is 47.4 Å². The van der Waals surface area contributed by atoms with E-state index in [1.807, 2.05) is 30.3 Å². The van der Waals surface area contributed by atoms with Gasteiger partial charge in [-0.25, -0.2) is 0 Å². The second-order valence-corrected chi connectivity index (χ2v) is 10.6. The van der Waals surface area contributed by atoms with Crippen molar-refractivity contribution in [3.05, 3.63) is 101 Å². The second kappa shape index (κ2) is 12.4. The summed E-state index contributed by atoms with van der Waals surface area (Å²) in [4.78, 5) is 25.7. The van der Waals surface area contributed by atoms with E-state index in [0.717, 1.165) is 11.6 Å². The van der Waals surface area contributed by atoms with Crippen LogP contribution in [0.25, 0.3) is 0 Å². The number of aryl methyl sites for hydroxylation is 1. The average Bonchev–Trinajstić information content (AvgIpc) is 3.05. The monoisotopic (exact) mass is 614 g/mol. The lowest BCUT2D eigenvalue weighted by Crippen LogP contribution is -2.37. The summed E-state index contributed by atoms with van der Waals surface area (Å²) < 4.78 is 28.8. The van der Waals surface area contributed by atoms with Crippen molar-refractivity contribution in [1.29, 1.82) is 0 Å². The third kappa shape index (κ3) is 5.95. The fourth-order valence-electron chi connectivity index (χ4n) is 5.40. The number of methoxy groups -OCH3 is 1. The Balaban J connectivity index is 1.24. The molecule has 0 amide bonds. The molecule has 0 aliphatic carbocycles. The molecule has 11 nitrogen and oxygen atoms in total. The number of aliphatic hydroxyl groups excluding tert-OH is 2. The third-order valence-corrected chi connectivity index (χ3v) is 7.68. The molecule has 0 radical (unpaired) electrons. The molecule has 2 aliphatic heterocycles. The maximum atomic E-state index is 13.2. The molecule has 2 aliphatic rings. The lowest BCUT2D eigenvalue weighted by molar-refractivity contribution is -0.134. The molecule has 0 saturated heterocycles. The summed E-state index contributed by atoms with van der Waals surface area (Å²) in [6, 6.07) is 21.2. The van der Waals surface area contributed by atoms with Crippen molar-refractivity contribution in [2.24, 2.45) is 0 Å². The number of rotatable bonds is 8. The summed E-state index contributed by atoms with van der Waals surface area (Å²) >= 11 is 0. The van der Waals surface area contributed by atoms with Crippen molar-refractivity contribution in [3.63, 3.8) is 0 Å². The first kappa shape index (κ1) is 29.8. The van der Waals surface area contributed by atoms with Gasteiger partial charge in [0.05, 0.1) is 13.7 Å². The minimum Gasteiger partial charge on any atom is -0.507 e. The van der Waals surface area contributed by atoms with E-state index in [-0.39, 0.29) is 47.3 Å². The Morgan fingerprint density at radius 2 is 1.56 bits per heavy atom. The predicted molar refractivity (Wildman–Crippen MR) is 158 cm³/mol. The molecule has 0 spiro atoms. The molecule has 0 aromatic heterocycles. The zero-order valence-corrected chi connectivity index (χ0v) is 24.1. The molecular formula is C34H30O11. The number of carbonyl (C=O) groups is 2. The van der Waals surface area contributed by atoms with E-state index in [0.29, 0.717) is 23.3 Å². The molecule has 0 fully saturated rings. The number of benzene rings is 4. The fraction of sp³-hybridized carbons (Fsp3) is 0.235. The smallest absolute Gasteiger partial charge is 0.311 e. The van der Waals surface area contributed by atoms with Gasteiger partial charge < -0.3 is 44.1 Å². The normalized spacial score (nSPS) is 20.1. The summed E-state index contributed by atoms with van der Waals surface area (Å²) in [5.74, 6) is -1.16. The van der Waals surface area contributed by atoms with Gasteiger partial charge in [-0.2, -0.15) is 0 Å². The molecule has 0 bridgehead atoms. The van der Waals surface area contributed by atoms with E-state index in [9.17, 15) is 30.0 Å². The van der Waals surface area contributed by atoms with Gasteiger partial charge in [0.2, 0.25) is 5.78 Å². The minimum absolute atomic E-state index is 0.0170. The van der Waals surface area contributed by atoms with Crippen molar-refractivity contribution in [2.75, 3.05) is 13.7 Å². The topological polar surface area (TPSA) is 161 Å². The fourth-order valence-corrected chi connectivity index (χ4v) is 5.40. The molecule has 4 N–H and O–H groups in total. The molecule has 2 heterocycles. The number of ether oxygens (including phenoxy) is 5. The number of hydrogen-bond donors (Lipinski definition) is 4. The zero-order valence-electron chi connectivity index (χ0n) is 24.1. The summed E-state index contributed by atoms with van der Waals surface area (Å²) in [6.45, 7) is -0.368. The van der Waals surface area contributed by atoms with Crippen LogP contribution in [0.1, 0.15) is 45.7 Å². The Morgan fingerprint density at radius 3 is 2.31 bits per heavy atom. The highest BCUT2D eigenvalue weighted by atomic mass is 16.6. The molecule has 4 aromatic carbocycles. The number of ketones is 1. The lowest BCUT2D eigenvalue weighted by Gasteiger charge is -2.35. The summed E-state index contributed by atoms with van der Waals surface area (Å²) in [6.07, 6.45) is -3.89. The Kier molecular flexibility index (Phi) is 8.20. The van der Waals surface area contributed by atoms with Gasteiger partial charge >= 0.3 is 5.97 Å². The summed E-state index contributed by atoms with van der Waals surface area (Å²) in [5, 5.41) is 41.6. The van der Waals surface area contributed by atoms with Crippen LogP contribution in [0, 0.1) is 0 Å².